The Morgan fingerprint density at radius 3 is 2.75 bits per heavy atom. The Bertz CT molecular complexity index is 650. The zero-order chi connectivity index (χ0) is 16.8. The molecule has 128 valence electrons. The van der Waals surface area contributed by atoms with Gasteiger partial charge in [0.15, 0.2) is 5.82 Å². The van der Waals surface area contributed by atoms with Crippen molar-refractivity contribution in [3.05, 3.63) is 47.7 Å². The number of H-pyrrole nitrogens is 1. The Kier molecular flexibility index (Phi) is 5.80. The third-order valence-corrected chi connectivity index (χ3v) is 5.22. The first-order valence-corrected chi connectivity index (χ1v) is 9.54. The minimum Gasteiger partial charge on any atom is -0.355 e. The number of nitrogens with zero attached hydrogens (tertiary/aromatic N) is 2. The van der Waals surface area contributed by atoms with E-state index in [1.165, 1.54) is 5.56 Å². The topological polar surface area (TPSA) is 61.0 Å². The fraction of sp³-hybridized carbons (Fsp3) is 0.444. The van der Waals surface area contributed by atoms with Gasteiger partial charge < -0.3 is 10.2 Å². The number of thioether (sulfide) groups is 1. The smallest absolute Gasteiger partial charge is 0.230 e. The lowest BCUT2D eigenvalue weighted by molar-refractivity contribution is -0.119. The fourth-order valence-corrected chi connectivity index (χ4v) is 3.72. The standard InChI is InChI=1S/C18H24N4OS/c1-14-11-17(21-20-14)22-9-7-16(8-10-22)19-18(23)13-24-12-15-5-3-2-4-6-15/h2-6,11,16H,7-10,12-13H2,1H3,(H,19,23)(H,20,21). The van der Waals surface area contributed by atoms with Gasteiger partial charge in [0, 0.05) is 36.6 Å². The third kappa shape index (κ3) is 4.77. The SMILES string of the molecule is Cc1cc(N2CCC(NC(=O)CSCc3ccccc3)CC2)n[nH]1. The summed E-state index contributed by atoms with van der Waals surface area (Å²) in [5.74, 6) is 2.56. The summed E-state index contributed by atoms with van der Waals surface area (Å²) in [7, 11) is 0. The summed E-state index contributed by atoms with van der Waals surface area (Å²) in [6.07, 6.45) is 1.95. The molecular weight excluding hydrogens is 320 g/mol. The number of carbonyl (C=O) groups is 1. The quantitative estimate of drug-likeness (QED) is 0.846. The van der Waals surface area contributed by atoms with Gasteiger partial charge in [0.25, 0.3) is 0 Å². The van der Waals surface area contributed by atoms with E-state index in [0.29, 0.717) is 5.75 Å². The largest absolute Gasteiger partial charge is 0.355 e. The van der Waals surface area contributed by atoms with E-state index in [0.717, 1.165) is 43.2 Å². The highest BCUT2D eigenvalue weighted by Gasteiger charge is 2.21. The van der Waals surface area contributed by atoms with Crippen LogP contribution in [0.5, 0.6) is 0 Å². The van der Waals surface area contributed by atoms with Crippen LogP contribution in [0.4, 0.5) is 5.82 Å². The van der Waals surface area contributed by atoms with Crippen molar-refractivity contribution < 1.29 is 4.79 Å². The number of aromatic nitrogens is 2. The van der Waals surface area contributed by atoms with Crippen LogP contribution >= 0.6 is 11.8 Å². The molecule has 5 nitrogen and oxygen atoms in total. The van der Waals surface area contributed by atoms with Crippen molar-refractivity contribution in [2.45, 2.75) is 31.6 Å². The summed E-state index contributed by atoms with van der Waals surface area (Å²) in [4.78, 5) is 14.4. The number of nitrogens with one attached hydrogen (secondary N) is 2. The second-order valence-electron chi connectivity index (χ2n) is 6.22. The molecule has 2 N–H and O–H groups in total. The number of hydrogen-bond acceptors (Lipinski definition) is 4. The fourth-order valence-electron chi connectivity index (χ4n) is 2.92. The summed E-state index contributed by atoms with van der Waals surface area (Å²) in [5.41, 5.74) is 2.34. The van der Waals surface area contributed by atoms with Crippen LogP contribution in [-0.4, -0.2) is 41.0 Å². The van der Waals surface area contributed by atoms with Gasteiger partial charge in [-0.15, -0.1) is 11.8 Å². The maximum Gasteiger partial charge on any atom is 0.230 e. The van der Waals surface area contributed by atoms with Gasteiger partial charge in [-0.2, -0.15) is 5.10 Å². The van der Waals surface area contributed by atoms with Crippen LogP contribution in [0.1, 0.15) is 24.1 Å². The minimum absolute atomic E-state index is 0.144. The van der Waals surface area contributed by atoms with Crippen molar-refractivity contribution in [1.82, 2.24) is 15.5 Å². The van der Waals surface area contributed by atoms with Gasteiger partial charge in [-0.3, -0.25) is 9.89 Å². The Balaban J connectivity index is 1.35. The predicted molar refractivity (Wildman–Crippen MR) is 99.3 cm³/mol. The van der Waals surface area contributed by atoms with Crippen molar-refractivity contribution >= 4 is 23.5 Å². The number of aromatic amines is 1. The molecule has 0 spiro atoms. The molecular formula is C18H24N4OS. The number of carbonyl (C=O) groups excluding carboxylic acids is 1. The highest BCUT2D eigenvalue weighted by atomic mass is 32.2. The van der Waals surface area contributed by atoms with E-state index < -0.39 is 0 Å². The molecule has 0 radical (unpaired) electrons. The first-order valence-electron chi connectivity index (χ1n) is 8.39. The summed E-state index contributed by atoms with van der Waals surface area (Å²) in [6, 6.07) is 12.6. The molecule has 1 aliphatic rings. The summed E-state index contributed by atoms with van der Waals surface area (Å²) in [6.45, 7) is 3.88. The van der Waals surface area contributed by atoms with Gasteiger partial charge in [-0.05, 0) is 25.3 Å². The van der Waals surface area contributed by atoms with Gasteiger partial charge in [-0.1, -0.05) is 30.3 Å². The van der Waals surface area contributed by atoms with Crippen molar-refractivity contribution in [3.8, 4) is 0 Å². The van der Waals surface area contributed by atoms with Crippen LogP contribution in [0.2, 0.25) is 0 Å². The lowest BCUT2D eigenvalue weighted by atomic mass is 10.1. The normalized spacial score (nSPS) is 15.5. The zero-order valence-electron chi connectivity index (χ0n) is 14.0. The maximum absolute atomic E-state index is 12.1. The first-order chi connectivity index (χ1) is 11.7. The van der Waals surface area contributed by atoms with E-state index in [4.69, 9.17) is 0 Å². The molecule has 2 aromatic rings. The molecule has 0 atom stereocenters. The molecule has 1 aliphatic heterocycles. The van der Waals surface area contributed by atoms with E-state index >= 15 is 0 Å². The van der Waals surface area contributed by atoms with Crippen LogP contribution in [0, 0.1) is 6.92 Å². The molecule has 0 aliphatic carbocycles. The van der Waals surface area contributed by atoms with Gasteiger partial charge in [-0.25, -0.2) is 0 Å². The minimum atomic E-state index is 0.144. The number of amides is 1. The average molecular weight is 344 g/mol. The lowest BCUT2D eigenvalue weighted by Gasteiger charge is -2.32. The number of hydrogen-bond donors (Lipinski definition) is 2. The van der Waals surface area contributed by atoms with Gasteiger partial charge in [0.2, 0.25) is 5.91 Å². The van der Waals surface area contributed by atoms with Crippen LogP contribution in [0.25, 0.3) is 0 Å². The molecule has 1 amide bonds. The molecule has 6 heteroatoms. The van der Waals surface area contributed by atoms with Gasteiger partial charge >= 0.3 is 0 Å². The average Bonchev–Trinajstić information content (AvgIpc) is 3.03. The van der Waals surface area contributed by atoms with E-state index in [1.807, 2.05) is 25.1 Å². The van der Waals surface area contributed by atoms with Crippen LogP contribution in [-0.2, 0) is 10.5 Å². The zero-order valence-corrected chi connectivity index (χ0v) is 14.8. The van der Waals surface area contributed by atoms with Crippen molar-refractivity contribution in [1.29, 1.82) is 0 Å². The molecule has 2 heterocycles. The molecule has 1 aromatic heterocycles. The second-order valence-corrected chi connectivity index (χ2v) is 7.20. The molecule has 0 bridgehead atoms. The molecule has 1 aromatic carbocycles. The summed E-state index contributed by atoms with van der Waals surface area (Å²) >= 11 is 1.67. The summed E-state index contributed by atoms with van der Waals surface area (Å²) < 4.78 is 0. The van der Waals surface area contributed by atoms with Gasteiger partial charge in [0.05, 0.1) is 5.75 Å². The van der Waals surface area contributed by atoms with Crippen molar-refractivity contribution in [2.24, 2.45) is 0 Å². The molecule has 0 saturated carbocycles. The highest BCUT2D eigenvalue weighted by molar-refractivity contribution is 7.99. The molecule has 24 heavy (non-hydrogen) atoms. The molecule has 0 unspecified atom stereocenters. The molecule has 1 saturated heterocycles. The lowest BCUT2D eigenvalue weighted by Crippen LogP contribution is -2.45. The number of aryl methyl sites for hydroxylation is 1. The van der Waals surface area contributed by atoms with Crippen LogP contribution in [0.15, 0.2) is 36.4 Å². The maximum atomic E-state index is 12.1. The molecule has 3 rings (SSSR count). The summed E-state index contributed by atoms with van der Waals surface area (Å²) in [5, 5.41) is 10.5. The number of benzene rings is 1. The Labute approximate surface area is 147 Å². The third-order valence-electron chi connectivity index (χ3n) is 4.22. The van der Waals surface area contributed by atoms with E-state index in [2.05, 4.69) is 38.6 Å². The van der Waals surface area contributed by atoms with Gasteiger partial charge in [0.1, 0.15) is 0 Å². The van der Waals surface area contributed by atoms with E-state index in [1.54, 1.807) is 11.8 Å². The Morgan fingerprint density at radius 1 is 1.33 bits per heavy atom. The van der Waals surface area contributed by atoms with Crippen LogP contribution in [0.3, 0.4) is 0 Å². The Hall–Kier alpha value is -1.95. The van der Waals surface area contributed by atoms with Crippen molar-refractivity contribution in [2.75, 3.05) is 23.7 Å². The number of piperidine rings is 1. The van der Waals surface area contributed by atoms with Crippen molar-refractivity contribution in [3.63, 3.8) is 0 Å². The highest BCUT2D eigenvalue weighted by Crippen LogP contribution is 2.18. The molecule has 1 fully saturated rings. The van der Waals surface area contributed by atoms with E-state index in [-0.39, 0.29) is 11.9 Å². The van der Waals surface area contributed by atoms with Crippen LogP contribution < -0.4 is 10.2 Å². The number of rotatable bonds is 6. The predicted octanol–water partition coefficient (Wildman–Crippen LogP) is 2.74. The van der Waals surface area contributed by atoms with E-state index in [9.17, 15) is 4.79 Å². The first kappa shape index (κ1) is 16.9. The monoisotopic (exact) mass is 344 g/mol. The second kappa shape index (κ2) is 8.24. The Morgan fingerprint density at radius 2 is 2.08 bits per heavy atom. The number of anilines is 1.